The summed E-state index contributed by atoms with van der Waals surface area (Å²) in [6, 6.07) is -0.809. The molecule has 7 atom stereocenters. The van der Waals surface area contributed by atoms with Crippen LogP contribution in [0, 0.1) is 0 Å². The van der Waals surface area contributed by atoms with Gasteiger partial charge in [-0.3, -0.25) is 4.79 Å². The van der Waals surface area contributed by atoms with Crippen LogP contribution in [0.2, 0.25) is 0 Å². The number of amides is 1. The van der Waals surface area contributed by atoms with Crippen LogP contribution in [0.25, 0.3) is 0 Å². The van der Waals surface area contributed by atoms with Crippen molar-refractivity contribution in [2.75, 3.05) is 13.2 Å². The number of carbonyl (C=O) groups is 1. The largest absolute Gasteiger partial charge is 0.394 e. The summed E-state index contributed by atoms with van der Waals surface area (Å²) in [4.78, 5) is 13.2. The van der Waals surface area contributed by atoms with E-state index in [4.69, 9.17) is 9.47 Å². The normalized spacial score (nSPS) is 18.3. The van der Waals surface area contributed by atoms with E-state index in [1.165, 1.54) is 263 Å². The summed E-state index contributed by atoms with van der Waals surface area (Å²) < 4.78 is 11.3. The molecule has 7 unspecified atom stereocenters. The van der Waals surface area contributed by atoms with Crippen molar-refractivity contribution < 1.29 is 39.8 Å². The Balaban J connectivity index is 2.09. The SMILES string of the molecule is CC/C=C\C/C=C\C/C=C\C/C=C\C/C=C\C/C=C\CCCCCCCCCCCCCCCCCCCCC(=O)NC(COC1OC(CO)C(O)C(O)C1O)C(O)/C=C/CCCCCCCCCCCCCCCCCCCCCCCCCCCCC. The van der Waals surface area contributed by atoms with Gasteiger partial charge in [0.05, 0.1) is 25.4 Å². The molecule has 9 heteroatoms. The van der Waals surface area contributed by atoms with E-state index in [2.05, 4.69) is 92.1 Å². The molecule has 6 N–H and O–H groups in total. The van der Waals surface area contributed by atoms with E-state index in [-0.39, 0.29) is 12.5 Å². The van der Waals surface area contributed by atoms with Crippen LogP contribution in [0.3, 0.4) is 0 Å². The number of aliphatic hydroxyl groups excluding tert-OH is 5. The van der Waals surface area contributed by atoms with Crippen molar-refractivity contribution in [1.29, 1.82) is 0 Å². The zero-order valence-corrected chi connectivity index (χ0v) is 58.2. The van der Waals surface area contributed by atoms with Crippen molar-refractivity contribution in [3.8, 4) is 0 Å². The van der Waals surface area contributed by atoms with Gasteiger partial charge in [-0.25, -0.2) is 0 Å². The van der Waals surface area contributed by atoms with E-state index in [1.54, 1.807) is 6.08 Å². The molecule has 0 bridgehead atoms. The number of rotatable bonds is 67. The fourth-order valence-electron chi connectivity index (χ4n) is 12.0. The van der Waals surface area contributed by atoms with E-state index in [9.17, 15) is 30.3 Å². The minimum absolute atomic E-state index is 0.172. The van der Waals surface area contributed by atoms with Crippen LogP contribution in [0.1, 0.15) is 361 Å². The summed E-state index contributed by atoms with van der Waals surface area (Å²) in [7, 11) is 0. The number of unbranched alkanes of at least 4 members (excludes halogenated alkanes) is 45. The number of nitrogens with one attached hydrogen (secondary N) is 1. The van der Waals surface area contributed by atoms with Gasteiger partial charge in [-0.2, -0.15) is 0 Å². The lowest BCUT2D eigenvalue weighted by molar-refractivity contribution is -0.302. The number of allylic oxidation sites excluding steroid dienone is 13. The molecule has 0 aromatic heterocycles. The molecule has 1 amide bonds. The predicted molar refractivity (Wildman–Crippen MR) is 382 cm³/mol. The van der Waals surface area contributed by atoms with Crippen molar-refractivity contribution in [2.45, 2.75) is 403 Å². The Labute approximate surface area is 550 Å². The molecule has 89 heavy (non-hydrogen) atoms. The van der Waals surface area contributed by atoms with Gasteiger partial charge in [0.1, 0.15) is 24.4 Å². The number of hydrogen-bond donors (Lipinski definition) is 6. The van der Waals surface area contributed by atoms with Crippen LogP contribution >= 0.6 is 0 Å². The third kappa shape index (κ3) is 56.6. The Morgan fingerprint density at radius 3 is 1.03 bits per heavy atom. The van der Waals surface area contributed by atoms with Crippen molar-refractivity contribution in [2.24, 2.45) is 0 Å². The average molecular weight is 1250 g/mol. The van der Waals surface area contributed by atoms with Gasteiger partial charge in [-0.1, -0.05) is 369 Å². The lowest BCUT2D eigenvalue weighted by Gasteiger charge is -2.40. The Morgan fingerprint density at radius 1 is 0.393 bits per heavy atom. The van der Waals surface area contributed by atoms with Crippen LogP contribution in [-0.4, -0.2) is 87.5 Å². The number of hydrogen-bond acceptors (Lipinski definition) is 8. The zero-order chi connectivity index (χ0) is 64.2. The van der Waals surface area contributed by atoms with Gasteiger partial charge in [0.25, 0.3) is 0 Å². The van der Waals surface area contributed by atoms with Gasteiger partial charge in [-0.15, -0.1) is 0 Å². The summed E-state index contributed by atoms with van der Waals surface area (Å²) in [5.74, 6) is -0.172. The molecule has 1 heterocycles. The van der Waals surface area contributed by atoms with Crippen LogP contribution in [0.5, 0.6) is 0 Å². The second kappa shape index (κ2) is 68.2. The minimum atomic E-state index is -1.57. The monoisotopic (exact) mass is 1250 g/mol. The molecule has 9 nitrogen and oxygen atoms in total. The number of ether oxygens (including phenoxy) is 2. The van der Waals surface area contributed by atoms with Crippen molar-refractivity contribution in [3.05, 3.63) is 85.1 Å². The standard InChI is InChI=1S/C80H145NO8/c1-3-5-7-9-11-13-15-17-19-21-23-25-27-29-31-33-34-35-36-37-38-39-40-42-44-46-48-50-52-54-56-58-60-62-64-66-68-70-76(84)81-73(72-88-80-79(87)78(86)77(85)75(71-82)89-80)74(83)69-67-65-63-61-59-57-55-53-51-49-47-45-43-41-32-30-28-26-24-22-20-18-16-14-12-10-8-6-4-2/h5,7,11,13,17,19,23,25,29,31,34-35,67,69,73-75,77-80,82-83,85-87H,3-4,6,8-10,12,14-16,18,20-22,24,26-28,30,32-33,36-66,68,70-72H2,1-2H3,(H,81,84)/b7-5-,13-11-,19-17-,25-23-,31-29-,35-34-,69-67+. The van der Waals surface area contributed by atoms with Gasteiger partial charge >= 0.3 is 0 Å². The Hall–Kier alpha value is -2.63. The highest BCUT2D eigenvalue weighted by Crippen LogP contribution is 2.24. The maximum Gasteiger partial charge on any atom is 0.220 e. The first-order chi connectivity index (χ1) is 43.8. The van der Waals surface area contributed by atoms with Crippen LogP contribution in [0.4, 0.5) is 0 Å². The molecule has 0 saturated carbocycles. The Bertz CT molecular complexity index is 1690. The average Bonchev–Trinajstić information content (AvgIpc) is 2.28. The highest BCUT2D eigenvalue weighted by atomic mass is 16.7. The molecular weight excluding hydrogens is 1100 g/mol. The van der Waals surface area contributed by atoms with E-state index in [0.717, 1.165) is 77.0 Å². The fraction of sp³-hybridized carbons (Fsp3) is 0.812. The first-order valence-electron chi connectivity index (χ1n) is 38.3. The fourth-order valence-corrected chi connectivity index (χ4v) is 12.0. The number of aliphatic hydroxyl groups is 5. The van der Waals surface area contributed by atoms with Gasteiger partial charge in [0.2, 0.25) is 5.91 Å². The first-order valence-corrected chi connectivity index (χ1v) is 38.3. The quantitative estimate of drug-likeness (QED) is 0.0261. The van der Waals surface area contributed by atoms with Crippen molar-refractivity contribution >= 4 is 5.91 Å². The van der Waals surface area contributed by atoms with Crippen LogP contribution in [-0.2, 0) is 14.3 Å². The van der Waals surface area contributed by atoms with Crippen molar-refractivity contribution in [1.82, 2.24) is 5.32 Å². The summed E-state index contributed by atoms with van der Waals surface area (Å²) >= 11 is 0. The summed E-state index contributed by atoms with van der Waals surface area (Å²) in [5, 5.41) is 54.9. The zero-order valence-electron chi connectivity index (χ0n) is 58.2. The second-order valence-corrected chi connectivity index (χ2v) is 26.4. The molecule has 0 aliphatic carbocycles. The van der Waals surface area contributed by atoms with Gasteiger partial charge in [-0.05, 0) is 70.6 Å². The molecular formula is C80H145NO8. The van der Waals surface area contributed by atoms with E-state index < -0.39 is 49.5 Å². The highest BCUT2D eigenvalue weighted by Gasteiger charge is 2.44. The molecule has 0 aromatic carbocycles. The number of carbonyl (C=O) groups excluding carboxylic acids is 1. The molecule has 0 radical (unpaired) electrons. The van der Waals surface area contributed by atoms with Gasteiger partial charge in [0.15, 0.2) is 6.29 Å². The summed E-state index contributed by atoms with van der Waals surface area (Å²) in [5.41, 5.74) is 0. The summed E-state index contributed by atoms with van der Waals surface area (Å²) in [6.07, 6.45) is 91.4. The smallest absolute Gasteiger partial charge is 0.220 e. The van der Waals surface area contributed by atoms with E-state index in [1.807, 2.05) is 6.08 Å². The maximum absolute atomic E-state index is 13.2. The van der Waals surface area contributed by atoms with Crippen molar-refractivity contribution in [3.63, 3.8) is 0 Å². The molecule has 1 saturated heterocycles. The lowest BCUT2D eigenvalue weighted by atomic mass is 9.99. The van der Waals surface area contributed by atoms with Gasteiger partial charge in [0, 0.05) is 6.42 Å². The molecule has 518 valence electrons. The first kappa shape index (κ1) is 84.4. The predicted octanol–water partition coefficient (Wildman–Crippen LogP) is 21.6. The molecule has 0 aromatic rings. The second-order valence-electron chi connectivity index (χ2n) is 26.4. The topological polar surface area (TPSA) is 149 Å². The molecule has 1 rings (SSSR count). The Kier molecular flexibility index (Phi) is 64.7. The molecule has 1 aliphatic rings. The molecule has 0 spiro atoms. The van der Waals surface area contributed by atoms with Gasteiger partial charge < -0.3 is 40.3 Å². The van der Waals surface area contributed by atoms with Crippen LogP contribution < -0.4 is 5.32 Å². The third-order valence-corrected chi connectivity index (χ3v) is 18.0. The minimum Gasteiger partial charge on any atom is -0.394 e. The third-order valence-electron chi connectivity index (χ3n) is 18.0. The molecule has 1 fully saturated rings. The van der Waals surface area contributed by atoms with Crippen LogP contribution in [0.15, 0.2) is 85.1 Å². The maximum atomic E-state index is 13.2. The lowest BCUT2D eigenvalue weighted by Crippen LogP contribution is -2.60. The Morgan fingerprint density at radius 2 is 0.697 bits per heavy atom. The van der Waals surface area contributed by atoms with E-state index >= 15 is 0 Å². The van der Waals surface area contributed by atoms with E-state index in [0.29, 0.717) is 6.42 Å². The molecule has 1 aliphatic heterocycles. The summed E-state index contributed by atoms with van der Waals surface area (Å²) in [6.45, 7) is 3.71. The highest BCUT2D eigenvalue weighted by molar-refractivity contribution is 5.76.